The van der Waals surface area contributed by atoms with Gasteiger partial charge in [0.1, 0.15) is 17.3 Å². The molecule has 1 aliphatic heterocycles. The number of aliphatic hydroxyl groups excluding tert-OH is 1. The van der Waals surface area contributed by atoms with Crippen molar-refractivity contribution < 1.29 is 23.8 Å². The average Bonchev–Trinajstić information content (AvgIpc) is 3.27. The van der Waals surface area contributed by atoms with Crippen LogP contribution < -0.4 is 4.74 Å². The van der Waals surface area contributed by atoms with Crippen molar-refractivity contribution in [3.63, 3.8) is 0 Å². The number of aliphatic hydroxyl groups is 1. The van der Waals surface area contributed by atoms with E-state index in [1.807, 2.05) is 30.4 Å². The topological polar surface area (TPSA) is 70.1 Å². The summed E-state index contributed by atoms with van der Waals surface area (Å²) in [5.41, 5.74) is -0.0234. The number of ketones is 1. The normalized spacial score (nSPS) is 18.9. The number of rotatable bonds is 6. The van der Waals surface area contributed by atoms with Crippen LogP contribution in [0.2, 0.25) is 0 Å². The van der Waals surface area contributed by atoms with Gasteiger partial charge in [0.15, 0.2) is 0 Å². The first-order valence-corrected chi connectivity index (χ1v) is 9.53. The summed E-state index contributed by atoms with van der Waals surface area (Å²) >= 11 is 1.38. The molecular formula is C20H21FN2O4S. The molecule has 0 aliphatic carbocycles. The van der Waals surface area contributed by atoms with E-state index in [1.165, 1.54) is 35.5 Å². The highest BCUT2D eigenvalue weighted by Crippen LogP contribution is 2.42. The molecular weight excluding hydrogens is 383 g/mol. The fourth-order valence-electron chi connectivity index (χ4n) is 3.17. The zero-order valence-corrected chi connectivity index (χ0v) is 16.6. The second kappa shape index (κ2) is 8.12. The number of carbonyl (C=O) groups excluding carboxylic acids is 2. The van der Waals surface area contributed by atoms with Crippen molar-refractivity contribution >= 4 is 28.8 Å². The van der Waals surface area contributed by atoms with Crippen LogP contribution in [0.4, 0.5) is 4.39 Å². The number of hydrogen-bond donors (Lipinski definition) is 1. The smallest absolute Gasteiger partial charge is 0.295 e. The molecule has 28 heavy (non-hydrogen) atoms. The quantitative estimate of drug-likeness (QED) is 0.456. The largest absolute Gasteiger partial charge is 0.507 e. The van der Waals surface area contributed by atoms with Crippen LogP contribution in [0.5, 0.6) is 5.75 Å². The van der Waals surface area contributed by atoms with E-state index in [-0.39, 0.29) is 16.9 Å². The average molecular weight is 404 g/mol. The SMILES string of the molecule is COc1ccc(F)cc1C(O)=C1C(=O)C(=O)N(CCN(C)C)[C@H]1c1cccs1. The lowest BCUT2D eigenvalue weighted by atomic mass is 9.99. The molecule has 1 amide bonds. The van der Waals surface area contributed by atoms with Crippen LogP contribution in [0.1, 0.15) is 16.5 Å². The molecule has 2 aromatic rings. The molecule has 0 spiro atoms. The monoisotopic (exact) mass is 404 g/mol. The number of halogens is 1. The number of ether oxygens (including phenoxy) is 1. The third kappa shape index (κ3) is 3.65. The van der Waals surface area contributed by atoms with Crippen molar-refractivity contribution in [1.29, 1.82) is 0 Å². The number of thiophene rings is 1. The number of benzene rings is 1. The van der Waals surface area contributed by atoms with Crippen molar-refractivity contribution in [2.24, 2.45) is 0 Å². The molecule has 1 saturated heterocycles. The van der Waals surface area contributed by atoms with Gasteiger partial charge in [0.25, 0.3) is 11.7 Å². The van der Waals surface area contributed by atoms with Crippen LogP contribution in [-0.4, -0.2) is 60.9 Å². The fraction of sp³-hybridized carbons (Fsp3) is 0.300. The molecule has 3 rings (SSSR count). The van der Waals surface area contributed by atoms with Gasteiger partial charge in [-0.1, -0.05) is 6.07 Å². The molecule has 8 heteroatoms. The second-order valence-corrected chi connectivity index (χ2v) is 7.64. The Balaban J connectivity index is 2.17. The number of carbonyl (C=O) groups is 2. The molecule has 1 aliphatic rings. The maximum absolute atomic E-state index is 13.8. The van der Waals surface area contributed by atoms with Gasteiger partial charge in [0, 0.05) is 18.0 Å². The molecule has 1 aromatic carbocycles. The molecule has 1 atom stereocenters. The van der Waals surface area contributed by atoms with Gasteiger partial charge in [-0.05, 0) is 43.7 Å². The molecule has 1 aromatic heterocycles. The van der Waals surface area contributed by atoms with Crippen LogP contribution in [0.15, 0.2) is 41.3 Å². The van der Waals surface area contributed by atoms with E-state index in [0.717, 1.165) is 10.9 Å². The molecule has 0 bridgehead atoms. The predicted molar refractivity (Wildman–Crippen MR) is 105 cm³/mol. The Bertz CT molecular complexity index is 924. The van der Waals surface area contributed by atoms with Crippen LogP contribution >= 0.6 is 11.3 Å². The Kier molecular flexibility index (Phi) is 5.81. The van der Waals surface area contributed by atoms with E-state index < -0.39 is 29.3 Å². The fourth-order valence-corrected chi connectivity index (χ4v) is 4.02. The number of nitrogens with zero attached hydrogens (tertiary/aromatic N) is 2. The Morgan fingerprint density at radius 2 is 2.07 bits per heavy atom. The van der Waals surface area contributed by atoms with Crippen molar-refractivity contribution in [3.8, 4) is 5.75 Å². The lowest BCUT2D eigenvalue weighted by Gasteiger charge is -2.25. The zero-order chi connectivity index (χ0) is 20.4. The third-order valence-electron chi connectivity index (χ3n) is 4.56. The standard InChI is InChI=1S/C20H21FN2O4S/c1-22(2)8-9-23-17(15-5-4-10-28-15)16(19(25)20(23)26)18(24)13-11-12(21)6-7-14(13)27-3/h4-7,10-11,17,24H,8-9H2,1-3H3/t17-/m0/s1. The summed E-state index contributed by atoms with van der Waals surface area (Å²) in [6, 6.07) is 6.55. The number of amides is 1. The molecule has 1 fully saturated rings. The molecule has 0 unspecified atom stereocenters. The van der Waals surface area contributed by atoms with Crippen LogP contribution in [0.25, 0.3) is 5.76 Å². The summed E-state index contributed by atoms with van der Waals surface area (Å²) in [6.45, 7) is 0.870. The Morgan fingerprint density at radius 3 is 2.68 bits per heavy atom. The van der Waals surface area contributed by atoms with Crippen molar-refractivity contribution in [2.75, 3.05) is 34.3 Å². The predicted octanol–water partition coefficient (Wildman–Crippen LogP) is 2.88. The first-order valence-electron chi connectivity index (χ1n) is 8.65. The van der Waals surface area contributed by atoms with Gasteiger partial charge >= 0.3 is 0 Å². The minimum absolute atomic E-state index is 0.0367. The summed E-state index contributed by atoms with van der Waals surface area (Å²) in [6.07, 6.45) is 0. The van der Waals surface area contributed by atoms with E-state index in [1.54, 1.807) is 6.07 Å². The Morgan fingerprint density at radius 1 is 1.32 bits per heavy atom. The summed E-state index contributed by atoms with van der Waals surface area (Å²) in [4.78, 5) is 29.6. The Hall–Kier alpha value is -2.71. The first kappa shape index (κ1) is 20.0. The van der Waals surface area contributed by atoms with E-state index in [9.17, 15) is 19.1 Å². The van der Waals surface area contributed by atoms with Gasteiger partial charge in [-0.3, -0.25) is 9.59 Å². The number of hydrogen-bond acceptors (Lipinski definition) is 6. The number of methoxy groups -OCH3 is 1. The number of likely N-dealkylation sites (tertiary alicyclic amines) is 1. The number of Topliss-reactive ketones (excluding diaryl/α,β-unsaturated/α-hetero) is 1. The molecule has 1 N–H and O–H groups in total. The van der Waals surface area contributed by atoms with Gasteiger partial charge < -0.3 is 19.6 Å². The molecule has 0 radical (unpaired) electrons. The number of likely N-dealkylation sites (N-methyl/N-ethyl adjacent to an activating group) is 1. The maximum Gasteiger partial charge on any atom is 0.295 e. The zero-order valence-electron chi connectivity index (χ0n) is 15.8. The molecule has 2 heterocycles. The highest BCUT2D eigenvalue weighted by molar-refractivity contribution is 7.10. The van der Waals surface area contributed by atoms with E-state index in [2.05, 4.69) is 0 Å². The summed E-state index contributed by atoms with van der Waals surface area (Å²) in [7, 11) is 5.12. The first-order chi connectivity index (χ1) is 13.3. The summed E-state index contributed by atoms with van der Waals surface area (Å²) in [5, 5.41) is 12.8. The summed E-state index contributed by atoms with van der Waals surface area (Å²) < 4.78 is 19.0. The van der Waals surface area contributed by atoms with Gasteiger partial charge in [-0.2, -0.15) is 0 Å². The summed E-state index contributed by atoms with van der Waals surface area (Å²) in [5.74, 6) is -2.29. The van der Waals surface area contributed by atoms with Gasteiger partial charge in [-0.25, -0.2) is 4.39 Å². The van der Waals surface area contributed by atoms with Gasteiger partial charge in [0.2, 0.25) is 0 Å². The molecule has 0 saturated carbocycles. The highest BCUT2D eigenvalue weighted by Gasteiger charge is 2.46. The van der Waals surface area contributed by atoms with Crippen molar-refractivity contribution in [3.05, 3.63) is 57.5 Å². The molecule has 6 nitrogen and oxygen atoms in total. The van der Waals surface area contributed by atoms with Crippen molar-refractivity contribution in [1.82, 2.24) is 9.80 Å². The second-order valence-electron chi connectivity index (χ2n) is 6.66. The van der Waals surface area contributed by atoms with E-state index >= 15 is 0 Å². The van der Waals surface area contributed by atoms with E-state index in [4.69, 9.17) is 4.74 Å². The maximum atomic E-state index is 13.8. The lowest BCUT2D eigenvalue weighted by Crippen LogP contribution is -2.35. The molecule has 148 valence electrons. The minimum atomic E-state index is -0.791. The van der Waals surface area contributed by atoms with E-state index in [0.29, 0.717) is 13.1 Å². The van der Waals surface area contributed by atoms with Gasteiger partial charge in [-0.15, -0.1) is 11.3 Å². The van der Waals surface area contributed by atoms with Crippen LogP contribution in [0, 0.1) is 5.82 Å². The van der Waals surface area contributed by atoms with Crippen molar-refractivity contribution in [2.45, 2.75) is 6.04 Å². The lowest BCUT2D eigenvalue weighted by molar-refractivity contribution is -0.140. The highest BCUT2D eigenvalue weighted by atomic mass is 32.1. The Labute approximate surface area is 166 Å². The van der Waals surface area contributed by atoms with Gasteiger partial charge in [0.05, 0.1) is 24.3 Å². The minimum Gasteiger partial charge on any atom is -0.507 e. The third-order valence-corrected chi connectivity index (χ3v) is 5.48. The van der Waals surface area contributed by atoms with Crippen LogP contribution in [0.3, 0.4) is 0 Å². The van der Waals surface area contributed by atoms with Crippen LogP contribution in [-0.2, 0) is 9.59 Å².